The van der Waals surface area contributed by atoms with Crippen LogP contribution in [0.1, 0.15) is 53.4 Å². The summed E-state index contributed by atoms with van der Waals surface area (Å²) >= 11 is 0. The number of rotatable bonds is 7. The van der Waals surface area contributed by atoms with Gasteiger partial charge in [0.2, 0.25) is 17.7 Å². The summed E-state index contributed by atoms with van der Waals surface area (Å²) in [6.45, 7) is 8.36. The number of nitrogens with zero attached hydrogens (tertiary/aromatic N) is 1. The Morgan fingerprint density at radius 3 is 1.80 bits per heavy atom. The molecule has 1 fully saturated rings. The summed E-state index contributed by atoms with van der Waals surface area (Å²) in [6, 6.07) is -0.847. The van der Waals surface area contributed by atoms with Gasteiger partial charge in [-0.3, -0.25) is 14.4 Å². The maximum atomic E-state index is 11.2. The molecule has 2 aliphatic rings. The topological polar surface area (TPSA) is 160 Å². The summed E-state index contributed by atoms with van der Waals surface area (Å²) < 4.78 is 14.8. The summed E-state index contributed by atoms with van der Waals surface area (Å²) in [5.74, 6) is -0.768. The van der Waals surface area contributed by atoms with Gasteiger partial charge in [0.05, 0.1) is 6.04 Å². The van der Waals surface area contributed by atoms with Crippen LogP contribution in [0.15, 0.2) is 12.2 Å². The van der Waals surface area contributed by atoms with Gasteiger partial charge in [0.15, 0.2) is 12.6 Å². The van der Waals surface area contributed by atoms with Gasteiger partial charge in [0, 0.05) is 27.2 Å². The maximum Gasteiger partial charge on any atom is 0.240 e. The minimum Gasteiger partial charge on any atom is -0.368 e. The fourth-order valence-electron chi connectivity index (χ4n) is 2.45. The third-order valence-electron chi connectivity index (χ3n) is 4.16. The number of likely N-dealkylation sites (tertiary alicyclic amines) is 1. The van der Waals surface area contributed by atoms with Crippen LogP contribution in [0.5, 0.6) is 0 Å². The van der Waals surface area contributed by atoms with Gasteiger partial charge in [0.1, 0.15) is 6.04 Å². The lowest BCUT2D eigenvalue weighted by Gasteiger charge is -2.23. The SMILES string of the molecule is CC.CC[C@@H](C(N)=O)N1CCCC1=O.CC[C@H](N)C(N)=O.COC1C=CC(OC)O1. The van der Waals surface area contributed by atoms with Crippen LogP contribution in [0, 0.1) is 0 Å². The number of hydrogen-bond acceptors (Lipinski definition) is 7. The van der Waals surface area contributed by atoms with Crippen LogP contribution in [-0.4, -0.2) is 68.0 Å². The summed E-state index contributed by atoms with van der Waals surface area (Å²) in [5.41, 5.74) is 15.1. The molecule has 0 radical (unpaired) electrons. The molecule has 1 saturated heterocycles. The van der Waals surface area contributed by atoms with E-state index in [0.717, 1.165) is 6.42 Å². The largest absolute Gasteiger partial charge is 0.368 e. The highest BCUT2D eigenvalue weighted by molar-refractivity contribution is 5.87. The van der Waals surface area contributed by atoms with E-state index in [1.807, 2.05) is 39.8 Å². The molecule has 10 heteroatoms. The molecule has 2 heterocycles. The standard InChI is InChI=1S/C8H14N2O2.C6H10O3.C4H10N2O.C2H6/c1-2-6(8(9)12)10-5-3-4-7(10)11;1-7-5-3-4-6(8-2)9-5;1-2-3(5)4(6)7;1-2/h6H,2-5H2,1H3,(H2,9,12);3-6H,1-2H3;3H,2,5H2,1H3,(H2,6,7);1-2H3/t6-;;3-;/m0.0./s1. The second-order valence-corrected chi connectivity index (χ2v) is 6.16. The molecule has 0 aromatic heterocycles. The lowest BCUT2D eigenvalue weighted by Crippen LogP contribution is -2.44. The van der Waals surface area contributed by atoms with Crippen molar-refractivity contribution < 1.29 is 28.6 Å². The lowest BCUT2D eigenvalue weighted by molar-refractivity contribution is -0.173. The first-order valence-electron chi connectivity index (χ1n) is 10.2. The van der Waals surface area contributed by atoms with Gasteiger partial charge < -0.3 is 36.3 Å². The zero-order chi connectivity index (χ0) is 23.7. The Morgan fingerprint density at radius 1 is 1.10 bits per heavy atom. The van der Waals surface area contributed by atoms with Gasteiger partial charge >= 0.3 is 0 Å². The monoisotopic (exact) mass is 432 g/mol. The Balaban J connectivity index is 0. The van der Waals surface area contributed by atoms with Crippen LogP contribution in [0.3, 0.4) is 0 Å². The number of nitrogens with two attached hydrogens (primary N) is 3. The van der Waals surface area contributed by atoms with Gasteiger partial charge in [-0.1, -0.05) is 27.7 Å². The highest BCUT2D eigenvalue weighted by Gasteiger charge is 2.29. The van der Waals surface area contributed by atoms with Crippen molar-refractivity contribution in [1.29, 1.82) is 0 Å². The first kappa shape index (κ1) is 30.2. The molecule has 2 rings (SSSR count). The molecule has 10 nitrogen and oxygen atoms in total. The average molecular weight is 433 g/mol. The van der Waals surface area contributed by atoms with Gasteiger partial charge in [-0.15, -0.1) is 0 Å². The molecule has 0 saturated carbocycles. The van der Waals surface area contributed by atoms with Crippen LogP contribution in [0.4, 0.5) is 0 Å². The summed E-state index contributed by atoms with van der Waals surface area (Å²) in [7, 11) is 3.18. The van der Waals surface area contributed by atoms with Gasteiger partial charge in [-0.2, -0.15) is 0 Å². The van der Waals surface area contributed by atoms with Crippen molar-refractivity contribution in [3.8, 4) is 0 Å². The third-order valence-corrected chi connectivity index (χ3v) is 4.16. The fraction of sp³-hybridized carbons (Fsp3) is 0.750. The third kappa shape index (κ3) is 11.9. The van der Waals surface area contributed by atoms with Crippen molar-refractivity contribution in [1.82, 2.24) is 4.90 Å². The first-order chi connectivity index (χ1) is 14.2. The Bertz CT molecular complexity index is 517. The smallest absolute Gasteiger partial charge is 0.240 e. The van der Waals surface area contributed by atoms with E-state index in [1.165, 1.54) is 0 Å². The van der Waals surface area contributed by atoms with E-state index in [4.69, 9.17) is 31.4 Å². The highest BCUT2D eigenvalue weighted by Crippen LogP contribution is 2.15. The van der Waals surface area contributed by atoms with E-state index in [0.29, 0.717) is 25.8 Å². The van der Waals surface area contributed by atoms with Crippen LogP contribution < -0.4 is 17.2 Å². The van der Waals surface area contributed by atoms with Crippen molar-refractivity contribution >= 4 is 17.7 Å². The van der Waals surface area contributed by atoms with Crippen molar-refractivity contribution in [2.75, 3.05) is 20.8 Å². The molecule has 0 aromatic rings. The average Bonchev–Trinajstić information content (AvgIpc) is 3.39. The van der Waals surface area contributed by atoms with Gasteiger partial charge in [0.25, 0.3) is 0 Å². The van der Waals surface area contributed by atoms with Gasteiger partial charge in [-0.05, 0) is 31.4 Å². The number of methoxy groups -OCH3 is 2. The number of ether oxygens (including phenoxy) is 3. The predicted molar refractivity (Wildman–Crippen MR) is 115 cm³/mol. The molecule has 2 aliphatic heterocycles. The molecule has 2 unspecified atom stereocenters. The number of carbonyl (C=O) groups is 3. The molecule has 6 N–H and O–H groups in total. The summed E-state index contributed by atoms with van der Waals surface area (Å²) in [6.07, 6.45) is 5.82. The molecule has 30 heavy (non-hydrogen) atoms. The minimum absolute atomic E-state index is 0.0562. The van der Waals surface area contributed by atoms with Gasteiger partial charge in [-0.25, -0.2) is 0 Å². The zero-order valence-electron chi connectivity index (χ0n) is 19.1. The van der Waals surface area contributed by atoms with Crippen molar-refractivity contribution in [2.45, 2.75) is 78.0 Å². The van der Waals surface area contributed by atoms with Crippen molar-refractivity contribution in [3.05, 3.63) is 12.2 Å². The Labute approximate surface area is 180 Å². The second-order valence-electron chi connectivity index (χ2n) is 6.16. The fourth-order valence-corrected chi connectivity index (χ4v) is 2.45. The van der Waals surface area contributed by atoms with E-state index < -0.39 is 17.9 Å². The van der Waals surface area contributed by atoms with Crippen LogP contribution >= 0.6 is 0 Å². The summed E-state index contributed by atoms with van der Waals surface area (Å²) in [5, 5.41) is 0. The molecule has 0 aromatic carbocycles. The number of primary amides is 2. The quantitative estimate of drug-likeness (QED) is 0.497. The Morgan fingerprint density at radius 2 is 1.60 bits per heavy atom. The van der Waals surface area contributed by atoms with Crippen molar-refractivity contribution in [3.63, 3.8) is 0 Å². The molecule has 3 amide bonds. The molecule has 176 valence electrons. The number of carbonyl (C=O) groups excluding carboxylic acids is 3. The van der Waals surface area contributed by atoms with E-state index in [9.17, 15) is 14.4 Å². The number of amides is 3. The lowest BCUT2D eigenvalue weighted by atomic mass is 10.2. The summed E-state index contributed by atoms with van der Waals surface area (Å²) in [4.78, 5) is 33.7. The van der Waals surface area contributed by atoms with E-state index >= 15 is 0 Å². The maximum absolute atomic E-state index is 11.2. The number of hydrogen-bond donors (Lipinski definition) is 3. The Hall–Kier alpha value is -2.01. The normalized spacial score (nSPS) is 21.3. The second kappa shape index (κ2) is 17.8. The van der Waals surface area contributed by atoms with Crippen LogP contribution in [-0.2, 0) is 28.6 Å². The molecule has 0 spiro atoms. The predicted octanol–water partition coefficient (Wildman–Crippen LogP) is 0.626. The highest BCUT2D eigenvalue weighted by atomic mass is 16.8. The molecule has 0 aliphatic carbocycles. The van der Waals surface area contributed by atoms with E-state index in [-0.39, 0.29) is 24.5 Å². The molecular formula is C20H40N4O6. The van der Waals surface area contributed by atoms with E-state index in [1.54, 1.807) is 19.1 Å². The van der Waals surface area contributed by atoms with E-state index in [2.05, 4.69) is 0 Å². The molecule has 0 bridgehead atoms. The first-order valence-corrected chi connectivity index (χ1v) is 10.2. The Kier molecular flexibility index (Phi) is 17.9. The van der Waals surface area contributed by atoms with Crippen LogP contribution in [0.2, 0.25) is 0 Å². The zero-order valence-corrected chi connectivity index (χ0v) is 19.1. The minimum atomic E-state index is -0.458. The molecular weight excluding hydrogens is 392 g/mol. The van der Waals surface area contributed by atoms with Crippen molar-refractivity contribution in [2.24, 2.45) is 17.2 Å². The van der Waals surface area contributed by atoms with Crippen LogP contribution in [0.25, 0.3) is 0 Å². The molecule has 4 atom stereocenters.